The largest absolute Gasteiger partial charge is 0.493 e. The van der Waals surface area contributed by atoms with Gasteiger partial charge in [-0.1, -0.05) is 129 Å². The first-order valence-electron chi connectivity index (χ1n) is 20.5. The minimum Gasteiger partial charge on any atom is -0.493 e. The summed E-state index contributed by atoms with van der Waals surface area (Å²) >= 11 is 0. The van der Waals surface area contributed by atoms with Gasteiger partial charge >= 0.3 is 11.9 Å². The minimum absolute atomic E-state index is 0.235. The molecule has 0 saturated heterocycles. The van der Waals surface area contributed by atoms with Crippen LogP contribution in [0.3, 0.4) is 0 Å². The number of anilines is 2. The van der Waals surface area contributed by atoms with Crippen LogP contribution in [0.15, 0.2) is 54.6 Å². The second-order valence-corrected chi connectivity index (χ2v) is 14.2. The highest BCUT2D eigenvalue weighted by molar-refractivity contribution is 5.94. The van der Waals surface area contributed by atoms with Gasteiger partial charge < -0.3 is 35.2 Å². The van der Waals surface area contributed by atoms with Crippen LogP contribution in [0.4, 0.5) is 11.4 Å². The summed E-state index contributed by atoms with van der Waals surface area (Å²) < 4.78 is 29.4. The molecule has 0 heterocycles. The van der Waals surface area contributed by atoms with Gasteiger partial charge in [0.1, 0.15) is 11.5 Å². The van der Waals surface area contributed by atoms with Crippen molar-refractivity contribution < 1.29 is 33.3 Å². The Bertz CT molecular complexity index is 1490. The molecule has 0 atom stereocenters. The number of nitrogen functional groups attached to an aromatic ring is 2. The molecule has 0 amide bonds. The molecule has 4 N–H and O–H groups in total. The van der Waals surface area contributed by atoms with Crippen LogP contribution in [0.5, 0.6) is 28.7 Å². The number of nitrogens with two attached hydrogens (primary N) is 2. The Labute approximate surface area is 324 Å². The monoisotopic (exact) mass is 746 g/mol. The molecule has 0 bridgehead atoms. The number of carbonyl (C=O) groups is 2. The quantitative estimate of drug-likeness (QED) is 0.0308. The molecular formula is C45H66N2O7. The van der Waals surface area contributed by atoms with E-state index in [1.54, 1.807) is 49.6 Å². The summed E-state index contributed by atoms with van der Waals surface area (Å²) in [6.07, 6.45) is 24.7. The Hall–Kier alpha value is -4.40. The predicted octanol–water partition coefficient (Wildman–Crippen LogP) is 11.9. The van der Waals surface area contributed by atoms with Crippen LogP contribution < -0.4 is 35.2 Å². The molecule has 3 aromatic carbocycles. The van der Waals surface area contributed by atoms with E-state index < -0.39 is 11.9 Å². The van der Waals surface area contributed by atoms with Gasteiger partial charge in [0, 0.05) is 11.4 Å². The topological polar surface area (TPSA) is 132 Å². The molecule has 9 nitrogen and oxygen atoms in total. The Kier molecular flexibility index (Phi) is 21.5. The van der Waals surface area contributed by atoms with Gasteiger partial charge in [0.05, 0.1) is 31.5 Å². The summed E-state index contributed by atoms with van der Waals surface area (Å²) in [5.41, 5.74) is 12.8. The van der Waals surface area contributed by atoms with Crippen LogP contribution in [0.1, 0.15) is 163 Å². The van der Waals surface area contributed by atoms with Crippen molar-refractivity contribution in [2.24, 2.45) is 0 Å². The SMILES string of the molecule is CCCCCCCCCCCCOc1cc(C(=O)Oc2ccc(OC(=O)c3cc(N)cc(N)c3)cc2)cc(OC)c1OCCCCCCCCCCCC. The Morgan fingerprint density at radius 3 is 1.28 bits per heavy atom. The van der Waals surface area contributed by atoms with Crippen molar-refractivity contribution in [1.29, 1.82) is 0 Å². The zero-order valence-corrected chi connectivity index (χ0v) is 33.3. The molecule has 298 valence electrons. The zero-order valence-electron chi connectivity index (χ0n) is 33.3. The first-order valence-corrected chi connectivity index (χ1v) is 20.5. The number of methoxy groups -OCH3 is 1. The number of esters is 2. The van der Waals surface area contributed by atoms with E-state index in [0.29, 0.717) is 41.8 Å². The summed E-state index contributed by atoms with van der Waals surface area (Å²) in [6, 6.07) is 14.0. The van der Waals surface area contributed by atoms with Gasteiger partial charge in [-0.25, -0.2) is 9.59 Å². The molecule has 0 spiro atoms. The van der Waals surface area contributed by atoms with E-state index in [1.807, 2.05) is 0 Å². The van der Waals surface area contributed by atoms with Crippen molar-refractivity contribution in [2.45, 2.75) is 142 Å². The summed E-state index contributed by atoms with van der Waals surface area (Å²) in [5.74, 6) is 0.748. The van der Waals surface area contributed by atoms with E-state index in [2.05, 4.69) is 13.8 Å². The highest BCUT2D eigenvalue weighted by Gasteiger charge is 2.20. The Balaban J connectivity index is 1.58. The van der Waals surface area contributed by atoms with Crippen LogP contribution in [0, 0.1) is 0 Å². The van der Waals surface area contributed by atoms with Crippen LogP contribution >= 0.6 is 0 Å². The third-order valence-electron chi connectivity index (χ3n) is 9.43. The van der Waals surface area contributed by atoms with Gasteiger partial charge in [-0.2, -0.15) is 0 Å². The fourth-order valence-corrected chi connectivity index (χ4v) is 6.33. The molecule has 9 heteroatoms. The average molecular weight is 747 g/mol. The van der Waals surface area contributed by atoms with Crippen molar-refractivity contribution in [1.82, 2.24) is 0 Å². The summed E-state index contributed by atoms with van der Waals surface area (Å²) in [6.45, 7) is 5.54. The van der Waals surface area contributed by atoms with E-state index in [0.717, 1.165) is 25.7 Å². The Morgan fingerprint density at radius 1 is 0.481 bits per heavy atom. The molecule has 3 rings (SSSR count). The van der Waals surface area contributed by atoms with Gasteiger partial charge in [0.2, 0.25) is 5.75 Å². The lowest BCUT2D eigenvalue weighted by atomic mass is 10.1. The number of benzene rings is 3. The lowest BCUT2D eigenvalue weighted by Gasteiger charge is -2.17. The first-order chi connectivity index (χ1) is 26.3. The fourth-order valence-electron chi connectivity index (χ4n) is 6.33. The first kappa shape index (κ1) is 44.0. The van der Waals surface area contributed by atoms with E-state index in [4.69, 9.17) is 35.2 Å². The predicted molar refractivity (Wildman–Crippen MR) is 219 cm³/mol. The lowest BCUT2D eigenvalue weighted by Crippen LogP contribution is -2.11. The zero-order chi connectivity index (χ0) is 38.8. The normalized spacial score (nSPS) is 10.9. The maximum absolute atomic E-state index is 13.4. The van der Waals surface area contributed by atoms with E-state index in [1.165, 1.54) is 115 Å². The summed E-state index contributed by atoms with van der Waals surface area (Å²) in [5, 5.41) is 0. The molecule has 54 heavy (non-hydrogen) atoms. The molecule has 0 saturated carbocycles. The van der Waals surface area contributed by atoms with E-state index in [9.17, 15) is 9.59 Å². The third-order valence-corrected chi connectivity index (χ3v) is 9.43. The number of hydrogen-bond acceptors (Lipinski definition) is 9. The van der Waals surface area contributed by atoms with Gasteiger partial charge in [-0.05, 0) is 67.4 Å². The highest BCUT2D eigenvalue weighted by atomic mass is 16.5. The minimum atomic E-state index is -0.605. The number of carbonyl (C=O) groups excluding carboxylic acids is 2. The van der Waals surface area contributed by atoms with E-state index in [-0.39, 0.29) is 22.6 Å². The molecule has 0 aromatic heterocycles. The van der Waals surface area contributed by atoms with Gasteiger partial charge in [-0.15, -0.1) is 0 Å². The van der Waals surface area contributed by atoms with Crippen LogP contribution in [0.25, 0.3) is 0 Å². The van der Waals surface area contributed by atoms with Crippen molar-refractivity contribution >= 4 is 23.3 Å². The van der Waals surface area contributed by atoms with Crippen LogP contribution in [-0.4, -0.2) is 32.3 Å². The molecule has 0 radical (unpaired) electrons. The summed E-state index contributed by atoms with van der Waals surface area (Å²) in [4.78, 5) is 26.0. The van der Waals surface area contributed by atoms with Gasteiger partial charge in [0.15, 0.2) is 11.5 Å². The summed E-state index contributed by atoms with van der Waals surface area (Å²) in [7, 11) is 1.56. The highest BCUT2D eigenvalue weighted by Crippen LogP contribution is 2.39. The molecule has 0 aliphatic rings. The molecule has 0 unspecified atom stereocenters. The Morgan fingerprint density at radius 2 is 0.852 bits per heavy atom. The fraction of sp³-hybridized carbons (Fsp3) is 0.556. The number of unbranched alkanes of at least 4 members (excludes halogenated alkanes) is 18. The van der Waals surface area contributed by atoms with Crippen molar-refractivity contribution in [3.8, 4) is 28.7 Å². The molecule has 0 aliphatic carbocycles. The smallest absolute Gasteiger partial charge is 0.343 e. The number of ether oxygens (including phenoxy) is 5. The molecule has 3 aromatic rings. The van der Waals surface area contributed by atoms with E-state index >= 15 is 0 Å². The van der Waals surface area contributed by atoms with Crippen LogP contribution in [0.2, 0.25) is 0 Å². The van der Waals surface area contributed by atoms with Gasteiger partial charge in [0.25, 0.3) is 0 Å². The number of rotatable bonds is 29. The maximum Gasteiger partial charge on any atom is 0.343 e. The second-order valence-electron chi connectivity index (χ2n) is 14.2. The van der Waals surface area contributed by atoms with Crippen molar-refractivity contribution in [3.05, 3.63) is 65.7 Å². The molecular weight excluding hydrogens is 681 g/mol. The lowest BCUT2D eigenvalue weighted by molar-refractivity contribution is 0.0719. The molecule has 0 aliphatic heterocycles. The van der Waals surface area contributed by atoms with Gasteiger partial charge in [-0.3, -0.25) is 0 Å². The van der Waals surface area contributed by atoms with Crippen molar-refractivity contribution in [3.63, 3.8) is 0 Å². The average Bonchev–Trinajstić information content (AvgIpc) is 3.16. The third kappa shape index (κ3) is 17.2. The standard InChI is InChI=1S/C45H66N2O7/c1-4-6-8-10-12-14-16-18-20-22-28-51-42-33-36(32-41(50-3)43(42)52-29-23-21-19-17-15-13-11-9-7-5-2)45(49)54-40-26-24-39(25-27-40)53-44(48)35-30-37(46)34-38(47)31-35/h24-27,30-34H,4-23,28-29,46-47H2,1-3H3. The number of hydrogen-bond donors (Lipinski definition) is 2. The van der Waals surface area contributed by atoms with Crippen LogP contribution in [-0.2, 0) is 0 Å². The maximum atomic E-state index is 13.4. The second kappa shape index (κ2) is 26.4. The van der Waals surface area contributed by atoms with Crippen molar-refractivity contribution in [2.75, 3.05) is 31.8 Å². The molecule has 0 fully saturated rings.